The molecule has 8 heteroatoms. The molecule has 44 heavy (non-hydrogen) atoms. The van der Waals surface area contributed by atoms with Gasteiger partial charge in [0.25, 0.3) is 5.91 Å². The van der Waals surface area contributed by atoms with Crippen molar-refractivity contribution >= 4 is 11.8 Å². The summed E-state index contributed by atoms with van der Waals surface area (Å²) < 4.78 is 18.2. The number of piperidine rings is 1. The van der Waals surface area contributed by atoms with Crippen LogP contribution in [0.25, 0.3) is 0 Å². The third kappa shape index (κ3) is 7.18. The van der Waals surface area contributed by atoms with Gasteiger partial charge in [-0.3, -0.25) is 14.5 Å². The molecule has 4 fully saturated rings. The Bertz CT molecular complexity index is 1150. The number of methoxy groups -OCH3 is 2. The molecule has 6 rings (SSSR count). The number of allylic oxidation sites excluding steroid dienone is 1. The lowest BCUT2D eigenvalue weighted by atomic mass is 9.83. The Morgan fingerprint density at radius 3 is 2.11 bits per heavy atom. The lowest BCUT2D eigenvalue weighted by Crippen LogP contribution is -2.51. The number of benzene rings is 1. The lowest BCUT2D eigenvalue weighted by Gasteiger charge is -2.44. The fourth-order valence-electron chi connectivity index (χ4n) is 8.62. The fourth-order valence-corrected chi connectivity index (χ4v) is 8.62. The molecule has 8 nitrogen and oxygen atoms in total. The van der Waals surface area contributed by atoms with Gasteiger partial charge in [-0.05, 0) is 119 Å². The summed E-state index contributed by atoms with van der Waals surface area (Å²) in [6, 6.07) is 5.89. The molecule has 0 bridgehead atoms. The molecule has 3 aliphatic carbocycles. The van der Waals surface area contributed by atoms with E-state index in [1.54, 1.807) is 4.90 Å². The lowest BCUT2D eigenvalue weighted by molar-refractivity contribution is -0.126. The van der Waals surface area contributed by atoms with Gasteiger partial charge in [0.1, 0.15) is 17.9 Å². The van der Waals surface area contributed by atoms with Crippen molar-refractivity contribution in [3.05, 3.63) is 41.6 Å². The van der Waals surface area contributed by atoms with Crippen LogP contribution in [0.4, 0.5) is 0 Å². The van der Waals surface area contributed by atoms with Crippen LogP contribution in [0.1, 0.15) is 106 Å². The summed E-state index contributed by atoms with van der Waals surface area (Å²) in [5.74, 6) is 2.08. The van der Waals surface area contributed by atoms with Gasteiger partial charge < -0.3 is 24.4 Å². The average Bonchev–Trinajstić information content (AvgIpc) is 3.36. The predicted octanol–water partition coefficient (Wildman–Crippen LogP) is 5.84. The first-order valence-corrected chi connectivity index (χ1v) is 17.3. The van der Waals surface area contributed by atoms with Gasteiger partial charge in [0.05, 0.1) is 12.2 Å². The van der Waals surface area contributed by atoms with Gasteiger partial charge in [-0.15, -0.1) is 0 Å². The number of fused-ring (bicyclic) bond motifs is 1. The molecule has 5 aliphatic rings. The molecule has 3 atom stereocenters. The summed E-state index contributed by atoms with van der Waals surface area (Å²) in [5.41, 5.74) is 2.38. The third-order valence-corrected chi connectivity index (χ3v) is 11.3. The van der Waals surface area contributed by atoms with Crippen LogP contribution < -0.4 is 10.1 Å². The molecule has 3 saturated carbocycles. The van der Waals surface area contributed by atoms with E-state index < -0.39 is 6.04 Å². The number of rotatable bonds is 10. The summed E-state index contributed by atoms with van der Waals surface area (Å²) in [5, 5.41) is 2.83. The van der Waals surface area contributed by atoms with Crippen molar-refractivity contribution in [1.29, 1.82) is 0 Å². The fraction of sp³-hybridized carbons (Fsp3) is 0.722. The van der Waals surface area contributed by atoms with E-state index in [1.807, 2.05) is 26.4 Å². The predicted molar refractivity (Wildman–Crippen MR) is 170 cm³/mol. The normalized spacial score (nSPS) is 32.9. The first-order valence-electron chi connectivity index (χ1n) is 17.3. The summed E-state index contributed by atoms with van der Waals surface area (Å²) >= 11 is 0. The smallest absolute Gasteiger partial charge is 0.255 e. The Morgan fingerprint density at radius 1 is 0.864 bits per heavy atom. The first-order chi connectivity index (χ1) is 21.4. The number of nitrogens with one attached hydrogen (secondary N) is 1. The van der Waals surface area contributed by atoms with E-state index in [0.29, 0.717) is 55.0 Å². The number of hydrogen-bond donors (Lipinski definition) is 1. The number of hydrogen-bond acceptors (Lipinski definition) is 6. The van der Waals surface area contributed by atoms with Gasteiger partial charge in [0.2, 0.25) is 5.91 Å². The maximum atomic E-state index is 13.3. The maximum absolute atomic E-state index is 13.3. The first kappa shape index (κ1) is 31.6. The highest BCUT2D eigenvalue weighted by atomic mass is 16.5. The molecule has 2 aliphatic heterocycles. The van der Waals surface area contributed by atoms with Crippen molar-refractivity contribution < 1.29 is 23.8 Å². The second kappa shape index (κ2) is 14.3. The Labute approximate surface area is 263 Å². The average molecular weight is 608 g/mol. The number of carbonyl (C=O) groups excluding carboxylic acids is 2. The van der Waals surface area contributed by atoms with E-state index in [9.17, 15) is 9.59 Å². The van der Waals surface area contributed by atoms with Crippen molar-refractivity contribution in [1.82, 2.24) is 15.1 Å². The summed E-state index contributed by atoms with van der Waals surface area (Å²) in [6.45, 7) is 6.63. The molecule has 1 unspecified atom stereocenters. The van der Waals surface area contributed by atoms with E-state index in [4.69, 9.17) is 14.2 Å². The van der Waals surface area contributed by atoms with Crippen LogP contribution in [0.15, 0.2) is 30.5 Å². The molecule has 1 saturated heterocycles. The minimum absolute atomic E-state index is 0.0627. The summed E-state index contributed by atoms with van der Waals surface area (Å²) in [6.07, 6.45) is 16.6. The van der Waals surface area contributed by atoms with Gasteiger partial charge in [0.15, 0.2) is 0 Å². The molecule has 1 aromatic carbocycles. The monoisotopic (exact) mass is 607 g/mol. The molecule has 0 spiro atoms. The second-order valence-electron chi connectivity index (χ2n) is 14.1. The van der Waals surface area contributed by atoms with Crippen LogP contribution in [0.2, 0.25) is 0 Å². The largest absolute Gasteiger partial charge is 0.489 e. The minimum Gasteiger partial charge on any atom is -0.489 e. The topological polar surface area (TPSA) is 80.3 Å². The Kier molecular flexibility index (Phi) is 10.3. The zero-order chi connectivity index (χ0) is 30.6. The van der Waals surface area contributed by atoms with Crippen LogP contribution in [0, 0.1) is 11.8 Å². The maximum Gasteiger partial charge on any atom is 0.255 e. The Morgan fingerprint density at radius 2 is 1.50 bits per heavy atom. The zero-order valence-electron chi connectivity index (χ0n) is 26.9. The molecular weight excluding hydrogens is 554 g/mol. The standard InChI is InChI=1S/C36H53N3O5/c1-24-8-19-33(35(40)37-24)39-23-27-20-30(17-18-31(27)36(39)41)44-34-7-5-4-6-32(34)38(21-25-9-13-28(42-2)14-10-25)22-26-11-15-29(43-3)16-12-26/h17-18,20,25-26,28-29,32-34H,1,4-16,19,21-23H2,2-3H3,(H,37,40)/t25?,26?,28?,29?,32-,33?,34+/m1/s1. The van der Waals surface area contributed by atoms with E-state index in [-0.39, 0.29) is 17.9 Å². The van der Waals surface area contributed by atoms with Crippen molar-refractivity contribution in [3.8, 4) is 5.75 Å². The SMILES string of the molecule is C=C1CCC(N2Cc3cc(O[C@H]4CCCC[C@H]4N(CC4CCC(OC)CC4)CC4CCC(OC)CC4)ccc3C2=O)C(=O)N1. The highest BCUT2D eigenvalue weighted by molar-refractivity contribution is 6.01. The van der Waals surface area contributed by atoms with E-state index >= 15 is 0 Å². The second-order valence-corrected chi connectivity index (χ2v) is 14.1. The van der Waals surface area contributed by atoms with E-state index in [0.717, 1.165) is 36.5 Å². The van der Waals surface area contributed by atoms with Crippen molar-refractivity contribution in [2.75, 3.05) is 27.3 Å². The van der Waals surface area contributed by atoms with Gasteiger partial charge in [-0.1, -0.05) is 13.0 Å². The van der Waals surface area contributed by atoms with Crippen molar-refractivity contribution in [2.24, 2.45) is 11.8 Å². The van der Waals surface area contributed by atoms with Crippen LogP contribution >= 0.6 is 0 Å². The molecule has 1 N–H and O–H groups in total. The minimum atomic E-state index is -0.445. The van der Waals surface area contributed by atoms with Crippen LogP contribution in [0.5, 0.6) is 5.75 Å². The molecule has 1 aromatic rings. The van der Waals surface area contributed by atoms with Crippen LogP contribution in [-0.2, 0) is 20.8 Å². The number of carbonyl (C=O) groups is 2. The highest BCUT2D eigenvalue weighted by Gasteiger charge is 2.39. The summed E-state index contributed by atoms with van der Waals surface area (Å²) in [7, 11) is 3.71. The van der Waals surface area contributed by atoms with Crippen molar-refractivity contribution in [2.45, 2.75) is 127 Å². The van der Waals surface area contributed by atoms with E-state index in [1.165, 1.54) is 70.6 Å². The van der Waals surface area contributed by atoms with Gasteiger partial charge in [0, 0.05) is 51.2 Å². The Balaban J connectivity index is 1.15. The van der Waals surface area contributed by atoms with Gasteiger partial charge in [-0.2, -0.15) is 0 Å². The van der Waals surface area contributed by atoms with Crippen molar-refractivity contribution in [3.63, 3.8) is 0 Å². The van der Waals surface area contributed by atoms with Crippen LogP contribution in [-0.4, -0.2) is 79.3 Å². The van der Waals surface area contributed by atoms with Gasteiger partial charge in [-0.25, -0.2) is 0 Å². The quantitative estimate of drug-likeness (QED) is 0.360. The molecule has 2 amide bonds. The highest BCUT2D eigenvalue weighted by Crippen LogP contribution is 2.36. The molecular formula is C36H53N3O5. The number of nitrogens with zero attached hydrogens (tertiary/aromatic N) is 2. The molecule has 0 aromatic heterocycles. The Hall–Kier alpha value is -2.42. The zero-order valence-corrected chi connectivity index (χ0v) is 26.9. The molecule has 0 radical (unpaired) electrons. The number of ether oxygens (including phenoxy) is 3. The van der Waals surface area contributed by atoms with Gasteiger partial charge >= 0.3 is 0 Å². The van der Waals surface area contributed by atoms with Crippen LogP contribution in [0.3, 0.4) is 0 Å². The van der Waals surface area contributed by atoms with E-state index in [2.05, 4.69) is 22.9 Å². The third-order valence-electron chi connectivity index (χ3n) is 11.3. The summed E-state index contributed by atoms with van der Waals surface area (Å²) in [4.78, 5) is 30.5. The molecule has 242 valence electrons. The molecule has 2 heterocycles. The number of amides is 2.